The summed E-state index contributed by atoms with van der Waals surface area (Å²) in [5, 5.41) is 11.0. The lowest BCUT2D eigenvalue weighted by molar-refractivity contribution is 1.03. The van der Waals surface area contributed by atoms with Crippen LogP contribution in [0.15, 0.2) is 24.5 Å². The Morgan fingerprint density at radius 2 is 2.06 bits per heavy atom. The Morgan fingerprint density at radius 3 is 2.72 bits per heavy atom. The Balaban J connectivity index is 2.43. The first-order chi connectivity index (χ1) is 8.59. The Bertz CT molecular complexity index is 577. The molecule has 5 nitrogen and oxygen atoms in total. The predicted octanol–water partition coefficient (Wildman–Crippen LogP) is 1.87. The number of pyridine rings is 1. The molecule has 0 saturated heterocycles. The fraction of sp³-hybridized carbons (Fsp3) is 0.167. The quantitative estimate of drug-likeness (QED) is 0.819. The Hall–Kier alpha value is -2.08. The van der Waals surface area contributed by atoms with Crippen molar-refractivity contribution in [3.05, 3.63) is 41.3 Å². The molecule has 0 atom stereocenters. The molecule has 0 aliphatic heterocycles. The van der Waals surface area contributed by atoms with Crippen molar-refractivity contribution >= 4 is 28.7 Å². The largest absolute Gasteiger partial charge is 0.389 e. The van der Waals surface area contributed by atoms with Gasteiger partial charge in [-0.25, -0.2) is 0 Å². The first-order valence-electron chi connectivity index (χ1n) is 5.40. The summed E-state index contributed by atoms with van der Waals surface area (Å²) in [7, 11) is 0. The molecule has 0 unspecified atom stereocenters. The average molecular weight is 259 g/mol. The number of aromatic nitrogens is 3. The number of hydrogen-bond acceptors (Lipinski definition) is 5. The molecule has 0 radical (unpaired) electrons. The van der Waals surface area contributed by atoms with Gasteiger partial charge in [0.15, 0.2) is 5.82 Å². The van der Waals surface area contributed by atoms with E-state index in [9.17, 15) is 0 Å². The second-order valence-electron chi connectivity index (χ2n) is 3.87. The van der Waals surface area contributed by atoms with Crippen LogP contribution in [-0.4, -0.2) is 20.2 Å². The van der Waals surface area contributed by atoms with Crippen molar-refractivity contribution in [1.82, 2.24) is 15.2 Å². The molecular formula is C12H13N5S. The molecule has 2 aromatic rings. The SMILES string of the molecule is Cc1ccnc(C)c1Nc1nnccc1C(N)=S. The molecule has 92 valence electrons. The number of nitrogens with two attached hydrogens (primary N) is 1. The van der Waals surface area contributed by atoms with E-state index < -0.39 is 0 Å². The highest BCUT2D eigenvalue weighted by Crippen LogP contribution is 2.23. The van der Waals surface area contributed by atoms with E-state index in [4.69, 9.17) is 18.0 Å². The number of hydrogen-bond donors (Lipinski definition) is 2. The number of nitrogens with zero attached hydrogens (tertiary/aromatic N) is 3. The summed E-state index contributed by atoms with van der Waals surface area (Å²) in [5.74, 6) is 0.546. The first-order valence-corrected chi connectivity index (χ1v) is 5.81. The predicted molar refractivity (Wildman–Crippen MR) is 74.9 cm³/mol. The summed E-state index contributed by atoms with van der Waals surface area (Å²) < 4.78 is 0. The van der Waals surface area contributed by atoms with Crippen molar-refractivity contribution in [2.24, 2.45) is 5.73 Å². The Morgan fingerprint density at radius 1 is 1.28 bits per heavy atom. The van der Waals surface area contributed by atoms with Gasteiger partial charge >= 0.3 is 0 Å². The molecule has 0 aromatic carbocycles. The standard InChI is InChI=1S/C12H13N5S/c1-7-3-5-14-8(2)10(7)16-12-9(11(13)18)4-6-15-17-12/h3-6H,1-2H3,(H2,13,18)(H,16,17). The number of anilines is 2. The third-order valence-corrected chi connectivity index (χ3v) is 2.80. The van der Waals surface area contributed by atoms with Gasteiger partial charge in [-0.3, -0.25) is 4.98 Å². The van der Waals surface area contributed by atoms with E-state index in [2.05, 4.69) is 20.5 Å². The highest BCUT2D eigenvalue weighted by molar-refractivity contribution is 7.80. The minimum Gasteiger partial charge on any atom is -0.389 e. The minimum absolute atomic E-state index is 0.284. The normalized spacial score (nSPS) is 10.1. The van der Waals surface area contributed by atoms with Crippen LogP contribution in [0.5, 0.6) is 0 Å². The van der Waals surface area contributed by atoms with Gasteiger partial charge in [0.1, 0.15) is 4.99 Å². The lowest BCUT2D eigenvalue weighted by atomic mass is 10.2. The molecule has 0 saturated carbocycles. The molecule has 0 fully saturated rings. The summed E-state index contributed by atoms with van der Waals surface area (Å²) in [4.78, 5) is 4.52. The van der Waals surface area contributed by atoms with Crippen LogP contribution in [-0.2, 0) is 0 Å². The molecule has 2 rings (SSSR count). The highest BCUT2D eigenvalue weighted by atomic mass is 32.1. The summed E-state index contributed by atoms with van der Waals surface area (Å²) in [6.45, 7) is 3.92. The van der Waals surface area contributed by atoms with Crippen LogP contribution in [0, 0.1) is 13.8 Å². The summed E-state index contributed by atoms with van der Waals surface area (Å²) >= 11 is 4.99. The number of thiocarbonyl (C=S) groups is 1. The fourth-order valence-corrected chi connectivity index (χ4v) is 1.79. The van der Waals surface area contributed by atoms with Crippen LogP contribution in [0.2, 0.25) is 0 Å². The number of aryl methyl sites for hydroxylation is 2. The van der Waals surface area contributed by atoms with Crippen LogP contribution in [0.25, 0.3) is 0 Å². The summed E-state index contributed by atoms with van der Waals surface area (Å²) in [6, 6.07) is 3.66. The van der Waals surface area contributed by atoms with Crippen LogP contribution in [0.4, 0.5) is 11.5 Å². The second kappa shape index (κ2) is 5.05. The molecule has 0 amide bonds. The van der Waals surface area contributed by atoms with Crippen molar-refractivity contribution in [1.29, 1.82) is 0 Å². The van der Waals surface area contributed by atoms with E-state index in [0.29, 0.717) is 11.4 Å². The fourth-order valence-electron chi connectivity index (χ4n) is 1.62. The molecule has 3 N–H and O–H groups in total. The number of nitrogens with one attached hydrogen (secondary N) is 1. The molecular weight excluding hydrogens is 246 g/mol. The van der Waals surface area contributed by atoms with Gasteiger partial charge in [-0.1, -0.05) is 12.2 Å². The molecule has 0 aliphatic carbocycles. The van der Waals surface area contributed by atoms with Crippen molar-refractivity contribution in [3.8, 4) is 0 Å². The lowest BCUT2D eigenvalue weighted by Crippen LogP contribution is -2.14. The van der Waals surface area contributed by atoms with Crippen molar-refractivity contribution in [2.75, 3.05) is 5.32 Å². The van der Waals surface area contributed by atoms with Gasteiger partial charge < -0.3 is 11.1 Å². The van der Waals surface area contributed by atoms with E-state index in [-0.39, 0.29) is 4.99 Å². The maximum atomic E-state index is 5.65. The zero-order chi connectivity index (χ0) is 13.1. The van der Waals surface area contributed by atoms with Crippen molar-refractivity contribution < 1.29 is 0 Å². The molecule has 6 heteroatoms. The van der Waals surface area contributed by atoms with E-state index in [1.165, 1.54) is 0 Å². The van der Waals surface area contributed by atoms with Gasteiger partial charge in [0.2, 0.25) is 0 Å². The summed E-state index contributed by atoms with van der Waals surface area (Å²) in [6.07, 6.45) is 3.32. The zero-order valence-corrected chi connectivity index (χ0v) is 11.0. The Labute approximate surface area is 110 Å². The highest BCUT2D eigenvalue weighted by Gasteiger charge is 2.10. The summed E-state index contributed by atoms with van der Waals surface area (Å²) in [5.41, 5.74) is 9.18. The van der Waals surface area contributed by atoms with Gasteiger partial charge in [0.25, 0.3) is 0 Å². The maximum Gasteiger partial charge on any atom is 0.163 e. The molecule has 18 heavy (non-hydrogen) atoms. The third-order valence-electron chi connectivity index (χ3n) is 2.58. The van der Waals surface area contributed by atoms with E-state index in [0.717, 1.165) is 16.9 Å². The van der Waals surface area contributed by atoms with Gasteiger partial charge in [-0.05, 0) is 31.5 Å². The van der Waals surface area contributed by atoms with Crippen LogP contribution in [0.3, 0.4) is 0 Å². The van der Waals surface area contributed by atoms with Gasteiger partial charge in [0, 0.05) is 6.20 Å². The zero-order valence-electron chi connectivity index (χ0n) is 10.1. The smallest absolute Gasteiger partial charge is 0.163 e. The molecule has 2 aromatic heterocycles. The topological polar surface area (TPSA) is 76.7 Å². The van der Waals surface area contributed by atoms with E-state index >= 15 is 0 Å². The minimum atomic E-state index is 0.284. The Kier molecular flexibility index (Phi) is 3.47. The lowest BCUT2D eigenvalue weighted by Gasteiger charge is -2.12. The number of rotatable bonds is 3. The van der Waals surface area contributed by atoms with E-state index in [1.807, 2.05) is 19.9 Å². The molecule has 0 aliphatic rings. The van der Waals surface area contributed by atoms with Crippen LogP contribution >= 0.6 is 12.2 Å². The van der Waals surface area contributed by atoms with Gasteiger partial charge in [-0.2, -0.15) is 5.10 Å². The van der Waals surface area contributed by atoms with Crippen LogP contribution < -0.4 is 11.1 Å². The van der Waals surface area contributed by atoms with Crippen molar-refractivity contribution in [3.63, 3.8) is 0 Å². The molecule has 0 spiro atoms. The van der Waals surface area contributed by atoms with Crippen LogP contribution in [0.1, 0.15) is 16.8 Å². The van der Waals surface area contributed by atoms with Gasteiger partial charge in [0.05, 0.1) is 23.1 Å². The van der Waals surface area contributed by atoms with E-state index in [1.54, 1.807) is 18.5 Å². The maximum absolute atomic E-state index is 5.65. The van der Waals surface area contributed by atoms with Gasteiger partial charge in [-0.15, -0.1) is 5.10 Å². The second-order valence-corrected chi connectivity index (χ2v) is 4.31. The first kappa shape index (κ1) is 12.4. The molecule has 0 bridgehead atoms. The monoisotopic (exact) mass is 259 g/mol. The van der Waals surface area contributed by atoms with Crippen molar-refractivity contribution in [2.45, 2.75) is 13.8 Å². The molecule has 2 heterocycles. The average Bonchev–Trinajstić information content (AvgIpc) is 2.34. The third kappa shape index (κ3) is 2.43.